The number of esters is 1. The average Bonchev–Trinajstić information content (AvgIpc) is 2.94. The molecule has 0 radical (unpaired) electrons. The molecular formula is C21H19ClN2O4S. The van der Waals surface area contributed by atoms with Gasteiger partial charge in [0.1, 0.15) is 18.0 Å². The third kappa shape index (κ3) is 4.41. The standard InChI is InChI=1S/C21H19ClN2O4S/c1-3-28-18-7-5-4-6-14(18)12-17-20(26)24(16-10-8-15(22)9-11-16)21(29)23(17)13-19(25)27-2/h4-12H,3,13H2,1-2H3/b17-12-. The van der Waals surface area contributed by atoms with E-state index in [1.54, 1.807) is 30.3 Å². The average molecular weight is 431 g/mol. The molecule has 2 aromatic carbocycles. The summed E-state index contributed by atoms with van der Waals surface area (Å²) >= 11 is 11.5. The van der Waals surface area contributed by atoms with Crippen LogP contribution in [-0.2, 0) is 14.3 Å². The van der Waals surface area contributed by atoms with Gasteiger partial charge in [-0.25, -0.2) is 0 Å². The first-order chi connectivity index (χ1) is 14.0. The largest absolute Gasteiger partial charge is 0.493 e. The Morgan fingerprint density at radius 2 is 1.86 bits per heavy atom. The highest BCUT2D eigenvalue weighted by Crippen LogP contribution is 2.31. The van der Waals surface area contributed by atoms with Crippen LogP contribution in [-0.4, -0.2) is 42.2 Å². The Morgan fingerprint density at radius 1 is 1.17 bits per heavy atom. The molecule has 1 aliphatic rings. The van der Waals surface area contributed by atoms with Crippen LogP contribution >= 0.6 is 23.8 Å². The molecule has 2 aromatic rings. The van der Waals surface area contributed by atoms with Gasteiger partial charge in [0.25, 0.3) is 5.91 Å². The van der Waals surface area contributed by atoms with Gasteiger partial charge in [0.15, 0.2) is 5.11 Å². The summed E-state index contributed by atoms with van der Waals surface area (Å²) in [6.45, 7) is 2.18. The van der Waals surface area contributed by atoms with Crippen LogP contribution in [0.2, 0.25) is 5.02 Å². The number of rotatable bonds is 6. The zero-order chi connectivity index (χ0) is 21.0. The highest BCUT2D eigenvalue weighted by atomic mass is 35.5. The molecule has 1 aliphatic heterocycles. The minimum absolute atomic E-state index is 0.183. The first-order valence-electron chi connectivity index (χ1n) is 8.88. The summed E-state index contributed by atoms with van der Waals surface area (Å²) in [4.78, 5) is 28.0. The van der Waals surface area contributed by atoms with E-state index in [1.807, 2.05) is 31.2 Å². The zero-order valence-corrected chi connectivity index (χ0v) is 17.5. The van der Waals surface area contributed by atoms with Crippen LogP contribution in [0.25, 0.3) is 6.08 Å². The summed E-state index contributed by atoms with van der Waals surface area (Å²) < 4.78 is 10.4. The van der Waals surface area contributed by atoms with Crippen molar-refractivity contribution in [2.24, 2.45) is 0 Å². The lowest BCUT2D eigenvalue weighted by atomic mass is 10.1. The number of para-hydroxylation sites is 1. The molecular weight excluding hydrogens is 412 g/mol. The summed E-state index contributed by atoms with van der Waals surface area (Å²) in [5, 5.41) is 0.724. The number of anilines is 1. The number of hydrogen-bond donors (Lipinski definition) is 0. The van der Waals surface area contributed by atoms with Crippen molar-refractivity contribution >= 4 is 52.6 Å². The number of methoxy groups -OCH3 is 1. The summed E-state index contributed by atoms with van der Waals surface area (Å²) in [5.74, 6) is -0.237. The van der Waals surface area contributed by atoms with Crippen molar-refractivity contribution in [3.8, 4) is 5.75 Å². The summed E-state index contributed by atoms with van der Waals surface area (Å²) in [5.41, 5.74) is 1.51. The molecule has 0 atom stereocenters. The Morgan fingerprint density at radius 3 is 2.52 bits per heavy atom. The van der Waals surface area contributed by atoms with E-state index in [-0.39, 0.29) is 23.3 Å². The van der Waals surface area contributed by atoms with Crippen molar-refractivity contribution in [3.05, 3.63) is 64.8 Å². The van der Waals surface area contributed by atoms with Crippen molar-refractivity contribution in [2.75, 3.05) is 25.2 Å². The van der Waals surface area contributed by atoms with Crippen LogP contribution in [0.4, 0.5) is 5.69 Å². The summed E-state index contributed by atoms with van der Waals surface area (Å²) in [6, 6.07) is 14.1. The van der Waals surface area contributed by atoms with Gasteiger partial charge in [0, 0.05) is 10.6 Å². The van der Waals surface area contributed by atoms with Gasteiger partial charge < -0.3 is 14.4 Å². The number of hydrogen-bond acceptors (Lipinski definition) is 5. The van der Waals surface area contributed by atoms with Crippen LogP contribution in [0.5, 0.6) is 5.75 Å². The van der Waals surface area contributed by atoms with Gasteiger partial charge in [-0.3, -0.25) is 14.5 Å². The quantitative estimate of drug-likeness (QED) is 0.393. The van der Waals surface area contributed by atoms with Crippen LogP contribution in [0.15, 0.2) is 54.2 Å². The number of carbonyl (C=O) groups is 2. The maximum absolute atomic E-state index is 13.3. The molecule has 0 N–H and O–H groups in total. The molecule has 0 unspecified atom stereocenters. The molecule has 0 aliphatic carbocycles. The highest BCUT2D eigenvalue weighted by molar-refractivity contribution is 7.80. The summed E-state index contributed by atoms with van der Waals surface area (Å²) in [7, 11) is 1.29. The Hall–Kier alpha value is -2.90. The van der Waals surface area contributed by atoms with E-state index < -0.39 is 5.97 Å². The predicted octanol–water partition coefficient (Wildman–Crippen LogP) is 3.89. The second-order valence-electron chi connectivity index (χ2n) is 6.06. The number of amides is 1. The smallest absolute Gasteiger partial charge is 0.325 e. The van der Waals surface area contributed by atoms with E-state index in [1.165, 1.54) is 16.9 Å². The third-order valence-electron chi connectivity index (χ3n) is 4.25. The zero-order valence-electron chi connectivity index (χ0n) is 15.9. The first-order valence-corrected chi connectivity index (χ1v) is 9.66. The Balaban J connectivity index is 2.07. The number of thiocarbonyl (C=S) groups is 1. The molecule has 6 nitrogen and oxygen atoms in total. The molecule has 8 heteroatoms. The fourth-order valence-corrected chi connectivity index (χ4v) is 3.36. The molecule has 0 bridgehead atoms. The van der Waals surface area contributed by atoms with Gasteiger partial charge in [-0.2, -0.15) is 0 Å². The summed E-state index contributed by atoms with van der Waals surface area (Å²) in [6.07, 6.45) is 1.67. The normalized spacial score (nSPS) is 15.2. The molecule has 0 aromatic heterocycles. The predicted molar refractivity (Wildman–Crippen MR) is 116 cm³/mol. The molecule has 0 saturated carbocycles. The molecule has 1 amide bonds. The SMILES string of the molecule is CCOc1ccccc1/C=C1/C(=O)N(c2ccc(Cl)cc2)C(=S)N1CC(=O)OC. The number of halogens is 1. The van der Waals surface area contributed by atoms with Gasteiger partial charge in [-0.15, -0.1) is 0 Å². The van der Waals surface area contributed by atoms with Crippen LogP contribution < -0.4 is 9.64 Å². The van der Waals surface area contributed by atoms with E-state index in [9.17, 15) is 9.59 Å². The maximum Gasteiger partial charge on any atom is 0.325 e. The second kappa shape index (κ2) is 9.07. The van der Waals surface area contributed by atoms with Crippen molar-refractivity contribution in [2.45, 2.75) is 6.92 Å². The Bertz CT molecular complexity index is 975. The van der Waals surface area contributed by atoms with Crippen molar-refractivity contribution < 1.29 is 19.1 Å². The monoisotopic (exact) mass is 430 g/mol. The van der Waals surface area contributed by atoms with Crippen LogP contribution in [0.3, 0.4) is 0 Å². The van der Waals surface area contributed by atoms with Crippen molar-refractivity contribution in [1.29, 1.82) is 0 Å². The molecule has 150 valence electrons. The highest BCUT2D eigenvalue weighted by Gasteiger charge is 2.40. The van der Waals surface area contributed by atoms with Gasteiger partial charge in [0.05, 0.1) is 19.4 Å². The Labute approximate surface area is 179 Å². The maximum atomic E-state index is 13.3. The van der Waals surface area contributed by atoms with Gasteiger partial charge in [0.2, 0.25) is 0 Å². The molecule has 0 spiro atoms. The fourth-order valence-electron chi connectivity index (χ4n) is 2.88. The van der Waals surface area contributed by atoms with Crippen molar-refractivity contribution in [1.82, 2.24) is 4.90 Å². The molecule has 1 heterocycles. The van der Waals surface area contributed by atoms with E-state index in [2.05, 4.69) is 0 Å². The van der Waals surface area contributed by atoms with Crippen LogP contribution in [0, 0.1) is 0 Å². The second-order valence-corrected chi connectivity index (χ2v) is 6.86. The minimum atomic E-state index is -0.512. The number of ether oxygens (including phenoxy) is 2. The van der Waals surface area contributed by atoms with Crippen molar-refractivity contribution in [3.63, 3.8) is 0 Å². The first kappa shape index (κ1) is 20.8. The van der Waals surface area contributed by atoms with Gasteiger partial charge >= 0.3 is 5.97 Å². The van der Waals surface area contributed by atoms with E-state index in [0.29, 0.717) is 28.6 Å². The Kier molecular flexibility index (Phi) is 6.51. The molecule has 1 fully saturated rings. The molecule has 1 saturated heterocycles. The lowest BCUT2D eigenvalue weighted by Crippen LogP contribution is -2.35. The lowest BCUT2D eigenvalue weighted by molar-refractivity contribution is -0.140. The minimum Gasteiger partial charge on any atom is -0.493 e. The fraction of sp³-hybridized carbons (Fsp3) is 0.190. The van der Waals surface area contributed by atoms with Gasteiger partial charge in [-0.1, -0.05) is 29.8 Å². The van der Waals surface area contributed by atoms with Crippen LogP contribution in [0.1, 0.15) is 12.5 Å². The molecule has 3 rings (SSSR count). The topological polar surface area (TPSA) is 59.1 Å². The molecule has 29 heavy (non-hydrogen) atoms. The van der Waals surface area contributed by atoms with E-state index in [0.717, 1.165) is 0 Å². The van der Waals surface area contributed by atoms with E-state index >= 15 is 0 Å². The third-order valence-corrected chi connectivity index (χ3v) is 4.90. The van der Waals surface area contributed by atoms with Gasteiger partial charge in [-0.05, 0) is 55.5 Å². The van der Waals surface area contributed by atoms with E-state index in [4.69, 9.17) is 33.3 Å². The lowest BCUT2D eigenvalue weighted by Gasteiger charge is -2.19. The number of benzene rings is 2. The number of nitrogens with zero attached hydrogens (tertiary/aromatic N) is 2. The number of carbonyl (C=O) groups excluding carboxylic acids is 2.